The molecule has 3 aromatic rings. The maximum Gasteiger partial charge on any atom is 0.241 e. The summed E-state index contributed by atoms with van der Waals surface area (Å²) in [5, 5.41) is 5.91. The van der Waals surface area contributed by atoms with Gasteiger partial charge in [0.05, 0.1) is 4.90 Å². The highest BCUT2D eigenvalue weighted by atomic mass is 32.2. The fourth-order valence-electron chi connectivity index (χ4n) is 2.53. The first kappa shape index (κ1) is 16.4. The molecule has 25 heavy (non-hydrogen) atoms. The van der Waals surface area contributed by atoms with Crippen LogP contribution in [0.1, 0.15) is 35.1 Å². The number of rotatable bonds is 6. The van der Waals surface area contributed by atoms with Crippen molar-refractivity contribution in [2.75, 3.05) is 0 Å². The average molecular weight is 375 g/mol. The van der Waals surface area contributed by atoms with Crippen LogP contribution < -0.4 is 4.72 Å². The minimum Gasteiger partial charge on any atom is -0.339 e. The molecule has 1 aliphatic carbocycles. The van der Waals surface area contributed by atoms with Crippen LogP contribution in [-0.2, 0) is 16.6 Å². The lowest BCUT2D eigenvalue weighted by Crippen LogP contribution is -2.23. The first-order chi connectivity index (χ1) is 12.0. The Morgan fingerprint density at radius 3 is 2.88 bits per heavy atom. The summed E-state index contributed by atoms with van der Waals surface area (Å²) in [5.41, 5.74) is 1.31. The third-order valence-corrected chi connectivity index (χ3v) is 6.54. The Kier molecular flexibility index (Phi) is 4.18. The Labute approximate surface area is 150 Å². The maximum absolute atomic E-state index is 12.7. The van der Waals surface area contributed by atoms with Crippen LogP contribution >= 0.6 is 11.3 Å². The Morgan fingerprint density at radius 2 is 2.16 bits per heavy atom. The SMILES string of the molecule is Cc1ccc(-c2noc(C3CC3)n2)cc1S(=O)(=O)NCc1cccs1. The van der Waals surface area contributed by atoms with Crippen LogP contribution in [0.5, 0.6) is 0 Å². The van der Waals surface area contributed by atoms with Gasteiger partial charge in [0.2, 0.25) is 21.7 Å². The molecule has 6 nitrogen and oxygen atoms in total. The molecule has 0 amide bonds. The monoisotopic (exact) mass is 375 g/mol. The fourth-order valence-corrected chi connectivity index (χ4v) is 4.55. The van der Waals surface area contributed by atoms with Crippen molar-refractivity contribution in [3.8, 4) is 11.4 Å². The van der Waals surface area contributed by atoms with Gasteiger partial charge in [-0.15, -0.1) is 11.3 Å². The molecule has 1 saturated carbocycles. The number of aryl methyl sites for hydroxylation is 1. The highest BCUT2D eigenvalue weighted by Gasteiger charge is 2.30. The fraction of sp³-hybridized carbons (Fsp3) is 0.294. The topological polar surface area (TPSA) is 85.1 Å². The predicted molar refractivity (Wildman–Crippen MR) is 94.8 cm³/mol. The van der Waals surface area contributed by atoms with E-state index in [1.807, 2.05) is 23.6 Å². The number of sulfonamides is 1. The van der Waals surface area contributed by atoms with E-state index in [9.17, 15) is 8.42 Å². The van der Waals surface area contributed by atoms with Crippen LogP contribution in [0.4, 0.5) is 0 Å². The summed E-state index contributed by atoms with van der Waals surface area (Å²) in [5.74, 6) is 1.43. The largest absolute Gasteiger partial charge is 0.339 e. The molecule has 4 rings (SSSR count). The Morgan fingerprint density at radius 1 is 1.32 bits per heavy atom. The molecule has 0 unspecified atom stereocenters. The van der Waals surface area contributed by atoms with Crippen molar-refractivity contribution in [2.45, 2.75) is 37.1 Å². The van der Waals surface area contributed by atoms with E-state index in [0.717, 1.165) is 17.7 Å². The molecule has 1 aromatic carbocycles. The molecule has 0 bridgehead atoms. The number of aromatic nitrogens is 2. The molecule has 0 spiro atoms. The normalized spacial score (nSPS) is 14.8. The van der Waals surface area contributed by atoms with E-state index in [-0.39, 0.29) is 11.4 Å². The molecule has 130 valence electrons. The van der Waals surface area contributed by atoms with Gasteiger partial charge in [0.25, 0.3) is 0 Å². The zero-order valence-corrected chi connectivity index (χ0v) is 15.2. The van der Waals surface area contributed by atoms with Crippen molar-refractivity contribution in [2.24, 2.45) is 0 Å². The van der Waals surface area contributed by atoms with Gasteiger partial charge in [-0.3, -0.25) is 0 Å². The molecule has 0 atom stereocenters. The van der Waals surface area contributed by atoms with Crippen molar-refractivity contribution in [3.63, 3.8) is 0 Å². The third kappa shape index (κ3) is 3.51. The van der Waals surface area contributed by atoms with Crippen LogP contribution in [0.3, 0.4) is 0 Å². The van der Waals surface area contributed by atoms with Gasteiger partial charge in [-0.1, -0.05) is 23.4 Å². The second kappa shape index (κ2) is 6.36. The molecule has 8 heteroatoms. The summed E-state index contributed by atoms with van der Waals surface area (Å²) in [6.07, 6.45) is 2.14. The summed E-state index contributed by atoms with van der Waals surface area (Å²) < 4.78 is 33.3. The quantitative estimate of drug-likeness (QED) is 0.713. The van der Waals surface area contributed by atoms with Gasteiger partial charge < -0.3 is 4.52 Å². The average Bonchev–Trinajstić information content (AvgIpc) is 3.11. The maximum atomic E-state index is 12.7. The van der Waals surface area contributed by atoms with Crippen molar-refractivity contribution in [1.29, 1.82) is 0 Å². The van der Waals surface area contributed by atoms with Gasteiger partial charge in [-0.05, 0) is 42.8 Å². The Hall–Kier alpha value is -2.03. The Balaban J connectivity index is 1.61. The van der Waals surface area contributed by atoms with Crippen LogP contribution in [0.25, 0.3) is 11.4 Å². The molecule has 1 aliphatic rings. The summed E-state index contributed by atoms with van der Waals surface area (Å²) >= 11 is 1.52. The van der Waals surface area contributed by atoms with Gasteiger partial charge >= 0.3 is 0 Å². The zero-order chi connectivity index (χ0) is 17.4. The molecule has 0 aliphatic heterocycles. The number of nitrogens with one attached hydrogen (secondary N) is 1. The number of nitrogens with zero attached hydrogens (tertiary/aromatic N) is 2. The van der Waals surface area contributed by atoms with E-state index in [4.69, 9.17) is 4.52 Å². The van der Waals surface area contributed by atoms with Crippen LogP contribution in [0.2, 0.25) is 0 Å². The number of thiophene rings is 1. The van der Waals surface area contributed by atoms with E-state index in [0.29, 0.717) is 28.8 Å². The number of benzene rings is 1. The Bertz CT molecular complexity index is 990. The molecule has 0 radical (unpaired) electrons. The first-order valence-corrected chi connectivity index (χ1v) is 10.4. The standard InChI is InChI=1S/C17H17N3O3S2/c1-11-4-5-13(16-19-17(23-20-16)12-6-7-12)9-15(11)25(21,22)18-10-14-3-2-8-24-14/h2-5,8-9,12,18H,6-7,10H2,1H3. The van der Waals surface area contributed by atoms with Crippen molar-refractivity contribution < 1.29 is 12.9 Å². The van der Waals surface area contributed by atoms with Gasteiger partial charge in [0, 0.05) is 22.9 Å². The second-order valence-electron chi connectivity index (χ2n) is 6.11. The zero-order valence-electron chi connectivity index (χ0n) is 13.6. The molecule has 1 fully saturated rings. The number of hydrogen-bond acceptors (Lipinski definition) is 6. The van der Waals surface area contributed by atoms with E-state index in [2.05, 4.69) is 14.9 Å². The highest BCUT2D eigenvalue weighted by molar-refractivity contribution is 7.89. The second-order valence-corrected chi connectivity index (χ2v) is 8.88. The van der Waals surface area contributed by atoms with E-state index in [1.54, 1.807) is 19.1 Å². The molecule has 0 saturated heterocycles. The lowest BCUT2D eigenvalue weighted by Gasteiger charge is -2.09. The minimum absolute atomic E-state index is 0.235. The van der Waals surface area contributed by atoms with Crippen molar-refractivity contribution in [3.05, 3.63) is 52.0 Å². The minimum atomic E-state index is -3.62. The van der Waals surface area contributed by atoms with E-state index in [1.165, 1.54) is 11.3 Å². The van der Waals surface area contributed by atoms with Gasteiger partial charge in [0.15, 0.2) is 0 Å². The summed E-state index contributed by atoms with van der Waals surface area (Å²) in [7, 11) is -3.62. The molecule has 1 N–H and O–H groups in total. The molecular formula is C17H17N3O3S2. The molecular weight excluding hydrogens is 358 g/mol. The molecule has 2 aromatic heterocycles. The highest BCUT2D eigenvalue weighted by Crippen LogP contribution is 2.39. The summed E-state index contributed by atoms with van der Waals surface area (Å²) in [4.78, 5) is 5.59. The van der Waals surface area contributed by atoms with Gasteiger partial charge in [-0.25, -0.2) is 13.1 Å². The van der Waals surface area contributed by atoms with Gasteiger partial charge in [0.1, 0.15) is 0 Å². The van der Waals surface area contributed by atoms with Gasteiger partial charge in [-0.2, -0.15) is 4.98 Å². The molecule has 2 heterocycles. The van der Waals surface area contributed by atoms with E-state index >= 15 is 0 Å². The lowest BCUT2D eigenvalue weighted by atomic mass is 10.1. The summed E-state index contributed by atoms with van der Waals surface area (Å²) in [6.45, 7) is 2.05. The summed E-state index contributed by atoms with van der Waals surface area (Å²) in [6, 6.07) is 8.98. The van der Waals surface area contributed by atoms with Crippen LogP contribution in [0.15, 0.2) is 45.1 Å². The van der Waals surface area contributed by atoms with Crippen LogP contribution in [-0.4, -0.2) is 18.6 Å². The van der Waals surface area contributed by atoms with E-state index < -0.39 is 10.0 Å². The predicted octanol–water partition coefficient (Wildman–Crippen LogP) is 3.46. The van der Waals surface area contributed by atoms with Crippen LogP contribution in [0, 0.1) is 6.92 Å². The first-order valence-electron chi connectivity index (χ1n) is 7.99. The van der Waals surface area contributed by atoms with Crippen molar-refractivity contribution >= 4 is 21.4 Å². The number of hydrogen-bond donors (Lipinski definition) is 1. The van der Waals surface area contributed by atoms with Crippen molar-refractivity contribution in [1.82, 2.24) is 14.9 Å². The lowest BCUT2D eigenvalue weighted by molar-refractivity contribution is 0.380. The smallest absolute Gasteiger partial charge is 0.241 e. The third-order valence-electron chi connectivity index (χ3n) is 4.12.